The summed E-state index contributed by atoms with van der Waals surface area (Å²) in [5, 5.41) is -0.367. The van der Waals surface area contributed by atoms with Gasteiger partial charge in [0, 0.05) is 0 Å². The highest BCUT2D eigenvalue weighted by molar-refractivity contribution is 7.87. The van der Waals surface area contributed by atoms with Gasteiger partial charge in [-0.15, -0.1) is 0 Å². The van der Waals surface area contributed by atoms with Gasteiger partial charge in [0.15, 0.2) is 0 Å². The summed E-state index contributed by atoms with van der Waals surface area (Å²) in [6.07, 6.45) is 2.28. The molecule has 0 heterocycles. The summed E-state index contributed by atoms with van der Waals surface area (Å²) in [5.74, 6) is 0. The molecule has 0 rings (SSSR count). The van der Waals surface area contributed by atoms with Gasteiger partial charge in [0.1, 0.15) is 0 Å². The van der Waals surface area contributed by atoms with E-state index in [9.17, 15) is 8.42 Å². The topological polar surface area (TPSA) is 78.4 Å². The molecular formula is C8H21NO3S. The van der Waals surface area contributed by atoms with Crippen molar-refractivity contribution >= 4 is 10.1 Å². The van der Waals surface area contributed by atoms with Crippen LogP contribution in [0.3, 0.4) is 0 Å². The van der Waals surface area contributed by atoms with E-state index in [0.717, 1.165) is 12.8 Å². The lowest BCUT2D eigenvalue weighted by molar-refractivity contribution is 0.311. The van der Waals surface area contributed by atoms with Crippen molar-refractivity contribution in [2.24, 2.45) is 0 Å². The Morgan fingerprint density at radius 2 is 1.77 bits per heavy atom. The zero-order chi connectivity index (χ0) is 9.61. The third kappa shape index (κ3) is 6.01. The predicted octanol–water partition coefficient (Wildman–Crippen LogP) is 2.09. The molecule has 1 unspecified atom stereocenters. The van der Waals surface area contributed by atoms with E-state index in [1.807, 2.05) is 13.8 Å². The van der Waals surface area contributed by atoms with Crippen LogP contribution in [0.15, 0.2) is 0 Å². The van der Waals surface area contributed by atoms with Crippen molar-refractivity contribution in [2.75, 3.05) is 6.61 Å². The van der Waals surface area contributed by atoms with Crippen LogP contribution < -0.4 is 6.15 Å². The molecule has 0 spiro atoms. The second kappa shape index (κ2) is 7.29. The number of hydrogen-bond acceptors (Lipinski definition) is 4. The average Bonchev–Trinajstić information content (AvgIpc) is 2.01. The van der Waals surface area contributed by atoms with Gasteiger partial charge in [0.05, 0.1) is 11.9 Å². The highest BCUT2D eigenvalue weighted by Crippen LogP contribution is 2.09. The molecule has 1 atom stereocenters. The summed E-state index contributed by atoms with van der Waals surface area (Å²) in [6.45, 7) is 5.84. The Kier molecular flexibility index (Phi) is 8.61. The molecule has 82 valence electrons. The Hall–Kier alpha value is -0.130. The minimum absolute atomic E-state index is 0. The van der Waals surface area contributed by atoms with Gasteiger partial charge in [-0.05, 0) is 19.8 Å². The minimum atomic E-state index is -3.28. The molecule has 5 heteroatoms. The second-order valence-corrected chi connectivity index (χ2v) is 4.94. The van der Waals surface area contributed by atoms with Crippen LogP contribution >= 0.6 is 0 Å². The molecule has 0 aromatic heterocycles. The van der Waals surface area contributed by atoms with Crippen LogP contribution in [0, 0.1) is 0 Å². The minimum Gasteiger partial charge on any atom is -0.344 e. The van der Waals surface area contributed by atoms with Crippen LogP contribution in [0.1, 0.15) is 40.0 Å². The van der Waals surface area contributed by atoms with Crippen molar-refractivity contribution in [3.8, 4) is 0 Å². The summed E-state index contributed by atoms with van der Waals surface area (Å²) in [6, 6.07) is 0. The van der Waals surface area contributed by atoms with Gasteiger partial charge in [-0.3, -0.25) is 4.18 Å². The summed E-state index contributed by atoms with van der Waals surface area (Å²) >= 11 is 0. The van der Waals surface area contributed by atoms with Gasteiger partial charge in [0.2, 0.25) is 0 Å². The largest absolute Gasteiger partial charge is 0.344 e. The first kappa shape index (κ1) is 15.3. The van der Waals surface area contributed by atoms with E-state index in [-0.39, 0.29) is 11.4 Å². The van der Waals surface area contributed by atoms with Crippen molar-refractivity contribution in [3.05, 3.63) is 0 Å². The van der Waals surface area contributed by atoms with Gasteiger partial charge >= 0.3 is 0 Å². The molecule has 4 nitrogen and oxygen atoms in total. The Morgan fingerprint density at radius 1 is 1.23 bits per heavy atom. The van der Waals surface area contributed by atoms with Gasteiger partial charge in [-0.2, -0.15) is 8.42 Å². The number of rotatable bonds is 6. The zero-order valence-electron chi connectivity index (χ0n) is 8.75. The SMILES string of the molecule is CCCOS(=O)(=O)C(C)CCC.N. The molecule has 0 aromatic carbocycles. The molecular weight excluding hydrogens is 190 g/mol. The molecule has 0 fully saturated rings. The van der Waals surface area contributed by atoms with E-state index in [1.165, 1.54) is 0 Å². The van der Waals surface area contributed by atoms with E-state index in [2.05, 4.69) is 0 Å². The molecule has 0 radical (unpaired) electrons. The molecule has 0 aliphatic carbocycles. The molecule has 0 aliphatic heterocycles. The zero-order valence-corrected chi connectivity index (χ0v) is 9.56. The molecule has 0 amide bonds. The van der Waals surface area contributed by atoms with Crippen molar-refractivity contribution in [1.29, 1.82) is 0 Å². The van der Waals surface area contributed by atoms with E-state index in [4.69, 9.17) is 4.18 Å². The fourth-order valence-electron chi connectivity index (χ4n) is 0.867. The lowest BCUT2D eigenvalue weighted by Gasteiger charge is -2.10. The Labute approximate surface area is 81.4 Å². The average molecular weight is 211 g/mol. The lowest BCUT2D eigenvalue weighted by atomic mass is 10.3. The van der Waals surface area contributed by atoms with Gasteiger partial charge in [-0.25, -0.2) is 0 Å². The first-order valence-electron chi connectivity index (χ1n) is 4.42. The monoisotopic (exact) mass is 211 g/mol. The van der Waals surface area contributed by atoms with Crippen molar-refractivity contribution < 1.29 is 12.6 Å². The highest BCUT2D eigenvalue weighted by atomic mass is 32.2. The summed E-state index contributed by atoms with van der Waals surface area (Å²) in [7, 11) is -3.28. The van der Waals surface area contributed by atoms with Gasteiger partial charge in [0.25, 0.3) is 10.1 Å². The van der Waals surface area contributed by atoms with E-state index < -0.39 is 10.1 Å². The normalized spacial score (nSPS) is 13.5. The molecule has 0 aromatic rings. The van der Waals surface area contributed by atoms with Crippen LogP contribution in [0.2, 0.25) is 0 Å². The lowest BCUT2D eigenvalue weighted by Crippen LogP contribution is -2.20. The predicted molar refractivity (Wildman–Crippen MR) is 54.6 cm³/mol. The molecule has 3 N–H and O–H groups in total. The third-order valence-electron chi connectivity index (χ3n) is 1.64. The van der Waals surface area contributed by atoms with Crippen LogP contribution in [0.25, 0.3) is 0 Å². The van der Waals surface area contributed by atoms with Crippen LogP contribution in [-0.4, -0.2) is 20.3 Å². The Bertz CT molecular complexity index is 201. The Balaban J connectivity index is 0. The molecule has 13 heavy (non-hydrogen) atoms. The first-order chi connectivity index (χ1) is 5.54. The fourth-order valence-corrected chi connectivity index (χ4v) is 2.02. The number of hydrogen-bond donors (Lipinski definition) is 1. The standard InChI is InChI=1S/C8H18O3S.H3N/c1-4-6-8(3)12(9,10)11-7-5-2;/h8H,4-7H2,1-3H3;1H3. The van der Waals surface area contributed by atoms with Crippen LogP contribution in [0.4, 0.5) is 0 Å². The smallest absolute Gasteiger partial charge is 0.269 e. The van der Waals surface area contributed by atoms with E-state index in [0.29, 0.717) is 13.0 Å². The quantitative estimate of drug-likeness (QED) is 0.682. The molecule has 0 aliphatic rings. The summed E-state index contributed by atoms with van der Waals surface area (Å²) in [4.78, 5) is 0. The van der Waals surface area contributed by atoms with E-state index >= 15 is 0 Å². The maximum absolute atomic E-state index is 11.3. The fraction of sp³-hybridized carbons (Fsp3) is 1.00. The molecule has 0 bridgehead atoms. The second-order valence-electron chi connectivity index (χ2n) is 2.91. The van der Waals surface area contributed by atoms with Crippen molar-refractivity contribution in [3.63, 3.8) is 0 Å². The first-order valence-corrected chi connectivity index (χ1v) is 5.90. The van der Waals surface area contributed by atoms with Gasteiger partial charge in [-0.1, -0.05) is 20.3 Å². The third-order valence-corrected chi connectivity index (χ3v) is 3.36. The van der Waals surface area contributed by atoms with Crippen LogP contribution in [0.5, 0.6) is 0 Å². The van der Waals surface area contributed by atoms with E-state index in [1.54, 1.807) is 6.92 Å². The van der Waals surface area contributed by atoms with Gasteiger partial charge < -0.3 is 6.15 Å². The summed E-state index contributed by atoms with van der Waals surface area (Å²) < 4.78 is 27.3. The highest BCUT2D eigenvalue weighted by Gasteiger charge is 2.19. The maximum Gasteiger partial charge on any atom is 0.269 e. The Morgan fingerprint density at radius 3 is 2.15 bits per heavy atom. The molecule has 0 saturated carbocycles. The molecule has 0 saturated heterocycles. The van der Waals surface area contributed by atoms with Crippen molar-refractivity contribution in [2.45, 2.75) is 45.3 Å². The van der Waals surface area contributed by atoms with Crippen LogP contribution in [-0.2, 0) is 14.3 Å². The summed E-state index contributed by atoms with van der Waals surface area (Å²) in [5.41, 5.74) is 0. The van der Waals surface area contributed by atoms with Crippen molar-refractivity contribution in [1.82, 2.24) is 6.15 Å². The maximum atomic E-state index is 11.3.